The van der Waals surface area contributed by atoms with Crippen molar-refractivity contribution < 1.29 is 4.79 Å². The lowest BCUT2D eigenvalue weighted by Crippen LogP contribution is -2.34. The number of nitriles is 1. The fraction of sp³-hybridized carbons (Fsp3) is 0.368. The number of piperidine rings is 1. The van der Waals surface area contributed by atoms with Crippen LogP contribution in [0.25, 0.3) is 11.7 Å². The van der Waals surface area contributed by atoms with Gasteiger partial charge in [-0.25, -0.2) is 4.98 Å². The average molecular weight is 351 g/mol. The number of aromatic nitrogens is 2. The molecule has 2 aromatic rings. The van der Waals surface area contributed by atoms with Crippen LogP contribution in [0.1, 0.15) is 30.4 Å². The summed E-state index contributed by atoms with van der Waals surface area (Å²) in [6, 6.07) is 5.56. The number of fused-ring (bicyclic) bond motifs is 1. The van der Waals surface area contributed by atoms with E-state index in [0.29, 0.717) is 11.5 Å². The van der Waals surface area contributed by atoms with Crippen molar-refractivity contribution in [2.45, 2.75) is 26.2 Å². The van der Waals surface area contributed by atoms with E-state index in [-0.39, 0.29) is 16.7 Å². The van der Waals surface area contributed by atoms with Crippen LogP contribution >= 0.6 is 0 Å². The van der Waals surface area contributed by atoms with Crippen molar-refractivity contribution in [3.8, 4) is 6.07 Å². The number of carbonyl (C=O) groups excluding carboxylic acids is 1. The first-order valence-corrected chi connectivity index (χ1v) is 8.67. The zero-order valence-electron chi connectivity index (χ0n) is 15.0. The number of carbonyl (C=O) groups is 1. The molecule has 2 aromatic heterocycles. The summed E-state index contributed by atoms with van der Waals surface area (Å²) >= 11 is 0. The fourth-order valence-electron chi connectivity index (χ4n) is 3.20. The maximum absolute atomic E-state index is 13.1. The summed E-state index contributed by atoms with van der Waals surface area (Å²) in [6.07, 6.45) is 6.21. The first kappa shape index (κ1) is 17.7. The third-order valence-electron chi connectivity index (χ3n) is 4.60. The Hall–Kier alpha value is -3.14. The topological polar surface area (TPSA) is 90.5 Å². The Morgan fingerprint density at radius 1 is 1.35 bits per heavy atom. The Kier molecular flexibility index (Phi) is 5.03. The Morgan fingerprint density at radius 3 is 2.73 bits per heavy atom. The second-order valence-corrected chi connectivity index (χ2v) is 6.34. The van der Waals surface area contributed by atoms with Crippen LogP contribution in [0.2, 0.25) is 0 Å². The van der Waals surface area contributed by atoms with Gasteiger partial charge in [0.2, 0.25) is 0 Å². The number of nitrogens with one attached hydrogen (secondary N) is 1. The largest absolute Gasteiger partial charge is 0.356 e. The second kappa shape index (κ2) is 7.40. The second-order valence-electron chi connectivity index (χ2n) is 6.34. The number of rotatable bonds is 3. The van der Waals surface area contributed by atoms with E-state index in [9.17, 15) is 14.9 Å². The van der Waals surface area contributed by atoms with Gasteiger partial charge >= 0.3 is 0 Å². The minimum atomic E-state index is -0.522. The molecule has 0 aromatic carbocycles. The molecule has 0 aliphatic carbocycles. The fourth-order valence-corrected chi connectivity index (χ4v) is 3.20. The lowest BCUT2D eigenvalue weighted by molar-refractivity contribution is -0.116. The van der Waals surface area contributed by atoms with Gasteiger partial charge in [0.15, 0.2) is 0 Å². The van der Waals surface area contributed by atoms with Gasteiger partial charge < -0.3 is 10.2 Å². The molecule has 3 heterocycles. The van der Waals surface area contributed by atoms with Crippen LogP contribution in [-0.2, 0) is 4.79 Å². The third kappa shape index (κ3) is 3.18. The molecule has 3 rings (SSSR count). The minimum Gasteiger partial charge on any atom is -0.356 e. The molecule has 1 saturated heterocycles. The summed E-state index contributed by atoms with van der Waals surface area (Å²) in [5.74, 6) is 0.0199. The van der Waals surface area contributed by atoms with E-state index >= 15 is 0 Å². The zero-order valence-corrected chi connectivity index (χ0v) is 15.0. The predicted octanol–water partition coefficient (Wildman–Crippen LogP) is 1.65. The lowest BCUT2D eigenvalue weighted by Gasteiger charge is -2.29. The lowest BCUT2D eigenvalue weighted by atomic mass is 10.1. The van der Waals surface area contributed by atoms with Gasteiger partial charge in [0, 0.05) is 26.3 Å². The van der Waals surface area contributed by atoms with Gasteiger partial charge in [-0.2, -0.15) is 5.26 Å². The Balaban J connectivity index is 2.30. The Labute approximate surface area is 151 Å². The van der Waals surface area contributed by atoms with Crippen molar-refractivity contribution in [2.24, 2.45) is 0 Å². The van der Waals surface area contributed by atoms with Crippen LogP contribution in [-0.4, -0.2) is 35.4 Å². The summed E-state index contributed by atoms with van der Waals surface area (Å²) in [5.41, 5.74) is 1.36. The molecule has 0 spiro atoms. The maximum Gasteiger partial charge on any atom is 0.267 e. The average Bonchev–Trinajstić information content (AvgIpc) is 2.68. The van der Waals surface area contributed by atoms with Crippen LogP contribution in [0, 0.1) is 18.3 Å². The number of hydrogen-bond donors (Lipinski definition) is 1. The highest BCUT2D eigenvalue weighted by molar-refractivity contribution is 6.02. The summed E-state index contributed by atoms with van der Waals surface area (Å²) in [5, 5.41) is 11.7. The minimum absolute atomic E-state index is 0.114. The van der Waals surface area contributed by atoms with Gasteiger partial charge in [0.1, 0.15) is 23.1 Å². The van der Waals surface area contributed by atoms with E-state index in [0.717, 1.165) is 37.9 Å². The number of hydrogen-bond acceptors (Lipinski definition) is 5. The molecular weight excluding hydrogens is 330 g/mol. The SMILES string of the molecule is CNC(=O)C(C#N)=Cc1c(N2CCCCC2)nc2c(C)cccn2c1=O. The molecule has 1 fully saturated rings. The monoisotopic (exact) mass is 351 g/mol. The quantitative estimate of drug-likeness (QED) is 0.671. The Morgan fingerprint density at radius 2 is 2.08 bits per heavy atom. The summed E-state index contributed by atoms with van der Waals surface area (Å²) in [7, 11) is 1.45. The standard InChI is InChI=1S/C19H21N5O2/c1-13-7-6-10-24-16(13)22-17(23-8-4-3-5-9-23)15(19(24)26)11-14(12-20)18(25)21-2/h6-7,10-11H,3-5,8-9H2,1-2H3,(H,21,25). The molecule has 1 aliphatic rings. The molecule has 1 amide bonds. The number of pyridine rings is 1. The highest BCUT2D eigenvalue weighted by Crippen LogP contribution is 2.23. The van der Waals surface area contributed by atoms with Crippen LogP contribution < -0.4 is 15.8 Å². The zero-order chi connectivity index (χ0) is 18.7. The van der Waals surface area contributed by atoms with Crippen molar-refractivity contribution in [3.63, 3.8) is 0 Å². The van der Waals surface area contributed by atoms with E-state index in [1.807, 2.05) is 19.1 Å². The van der Waals surface area contributed by atoms with Gasteiger partial charge in [0.05, 0.1) is 5.56 Å². The van der Waals surface area contributed by atoms with E-state index < -0.39 is 5.91 Å². The molecular formula is C19H21N5O2. The number of amides is 1. The molecule has 7 heteroatoms. The van der Waals surface area contributed by atoms with E-state index in [4.69, 9.17) is 4.98 Å². The maximum atomic E-state index is 13.1. The molecule has 0 unspecified atom stereocenters. The van der Waals surface area contributed by atoms with Gasteiger partial charge in [-0.15, -0.1) is 0 Å². The summed E-state index contributed by atoms with van der Waals surface area (Å²) in [4.78, 5) is 31.8. The van der Waals surface area contributed by atoms with Crippen molar-refractivity contribution in [1.82, 2.24) is 14.7 Å². The van der Waals surface area contributed by atoms with Crippen LogP contribution in [0.15, 0.2) is 28.7 Å². The molecule has 0 atom stereocenters. The number of aryl methyl sites for hydroxylation is 1. The Bertz CT molecular complexity index is 978. The molecule has 1 aliphatic heterocycles. The van der Waals surface area contributed by atoms with Crippen molar-refractivity contribution in [3.05, 3.63) is 45.4 Å². The van der Waals surface area contributed by atoms with Crippen molar-refractivity contribution in [1.29, 1.82) is 5.26 Å². The molecule has 0 bridgehead atoms. The summed E-state index contributed by atoms with van der Waals surface area (Å²) < 4.78 is 1.47. The van der Waals surface area contributed by atoms with E-state index in [1.54, 1.807) is 12.3 Å². The van der Waals surface area contributed by atoms with Gasteiger partial charge in [-0.3, -0.25) is 14.0 Å². The highest BCUT2D eigenvalue weighted by atomic mass is 16.1. The van der Waals surface area contributed by atoms with Crippen LogP contribution in [0.5, 0.6) is 0 Å². The van der Waals surface area contributed by atoms with Crippen molar-refractivity contribution in [2.75, 3.05) is 25.0 Å². The van der Waals surface area contributed by atoms with Crippen molar-refractivity contribution >= 4 is 23.4 Å². The van der Waals surface area contributed by atoms with E-state index in [2.05, 4.69) is 10.2 Å². The number of nitrogens with zero attached hydrogens (tertiary/aromatic N) is 4. The highest BCUT2D eigenvalue weighted by Gasteiger charge is 2.21. The molecule has 7 nitrogen and oxygen atoms in total. The normalized spacial score (nSPS) is 15.0. The molecule has 0 saturated carbocycles. The first-order valence-electron chi connectivity index (χ1n) is 8.67. The molecule has 26 heavy (non-hydrogen) atoms. The van der Waals surface area contributed by atoms with Gasteiger partial charge in [0.25, 0.3) is 11.5 Å². The summed E-state index contributed by atoms with van der Waals surface area (Å²) in [6.45, 7) is 3.51. The van der Waals surface area contributed by atoms with Crippen LogP contribution in [0.3, 0.4) is 0 Å². The third-order valence-corrected chi connectivity index (χ3v) is 4.60. The van der Waals surface area contributed by atoms with Gasteiger partial charge in [-0.05, 0) is 43.9 Å². The van der Waals surface area contributed by atoms with Crippen LogP contribution in [0.4, 0.5) is 5.82 Å². The molecule has 0 radical (unpaired) electrons. The number of likely N-dealkylation sites (N-methyl/N-ethyl adjacent to an activating group) is 1. The molecule has 1 N–H and O–H groups in total. The predicted molar refractivity (Wildman–Crippen MR) is 99.9 cm³/mol. The molecule has 134 valence electrons. The smallest absolute Gasteiger partial charge is 0.267 e. The van der Waals surface area contributed by atoms with Gasteiger partial charge in [-0.1, -0.05) is 6.07 Å². The number of anilines is 1. The van der Waals surface area contributed by atoms with E-state index in [1.165, 1.54) is 17.5 Å². The first-order chi connectivity index (χ1) is 12.6.